The van der Waals surface area contributed by atoms with Crippen LogP contribution in [0.1, 0.15) is 0 Å². The molecule has 0 spiro atoms. The molecule has 0 amide bonds. The van der Waals surface area contributed by atoms with Crippen molar-refractivity contribution >= 4 is 12.2 Å². The Kier molecular flexibility index (Phi) is 2.37. The smallest absolute Gasteiger partial charge is 0.139 e. The first-order valence-electron chi connectivity index (χ1n) is 4.06. The van der Waals surface area contributed by atoms with Gasteiger partial charge in [0.2, 0.25) is 0 Å². The summed E-state index contributed by atoms with van der Waals surface area (Å²) in [6.45, 7) is 0. The Labute approximate surface area is 85.5 Å². The molecule has 2 heterocycles. The van der Waals surface area contributed by atoms with E-state index < -0.39 is 0 Å². The van der Waals surface area contributed by atoms with Crippen molar-refractivity contribution in [2.24, 2.45) is 0 Å². The van der Waals surface area contributed by atoms with Gasteiger partial charge in [0.05, 0.1) is 0 Å². The lowest BCUT2D eigenvalue weighted by atomic mass is 10.1. The molecule has 70 valence electrons. The monoisotopic (exact) mass is 206 g/mol. The van der Waals surface area contributed by atoms with Crippen LogP contribution >= 0.6 is 12.2 Å². The molecule has 4 heteroatoms. The van der Waals surface area contributed by atoms with Crippen molar-refractivity contribution in [3.63, 3.8) is 0 Å². The first-order valence-corrected chi connectivity index (χ1v) is 4.47. The Morgan fingerprint density at radius 3 is 3.00 bits per heavy atom. The van der Waals surface area contributed by atoms with Crippen molar-refractivity contribution in [2.75, 3.05) is 0 Å². The number of hydrogen-bond acceptors (Lipinski definition) is 2. The molecule has 0 aliphatic rings. The second-order valence-electron chi connectivity index (χ2n) is 2.80. The Balaban J connectivity index is 2.63. The first kappa shape index (κ1) is 9.02. The van der Waals surface area contributed by atoms with Crippen molar-refractivity contribution in [1.82, 2.24) is 9.97 Å². The number of hydrogen-bond donors (Lipinski definition) is 1. The highest BCUT2D eigenvalue weighted by molar-refractivity contribution is 7.71. The summed E-state index contributed by atoms with van der Waals surface area (Å²) in [6, 6.07) is 5.02. The molecule has 0 fully saturated rings. The van der Waals surface area contributed by atoms with Crippen LogP contribution in [0.5, 0.6) is 0 Å². The van der Waals surface area contributed by atoms with Gasteiger partial charge in [-0.2, -0.15) is 0 Å². The lowest BCUT2D eigenvalue weighted by molar-refractivity contribution is 0.621. The zero-order valence-electron chi connectivity index (χ0n) is 7.20. The molecular formula is C10H7FN2S. The van der Waals surface area contributed by atoms with Crippen LogP contribution in [0, 0.1) is 10.5 Å². The maximum absolute atomic E-state index is 12.9. The number of aromatic amines is 1. The predicted molar refractivity (Wildman–Crippen MR) is 54.8 cm³/mol. The fourth-order valence-electron chi connectivity index (χ4n) is 1.19. The lowest BCUT2D eigenvalue weighted by Gasteiger charge is -2.00. The largest absolute Gasteiger partial charge is 0.350 e. The Morgan fingerprint density at radius 1 is 1.43 bits per heavy atom. The molecule has 0 saturated heterocycles. The summed E-state index contributed by atoms with van der Waals surface area (Å²) in [4.78, 5) is 6.63. The minimum Gasteiger partial charge on any atom is -0.350 e. The molecule has 2 rings (SSSR count). The zero-order valence-corrected chi connectivity index (χ0v) is 8.01. The van der Waals surface area contributed by atoms with Crippen molar-refractivity contribution in [2.45, 2.75) is 0 Å². The predicted octanol–water partition coefficient (Wildman–Crippen LogP) is 2.95. The number of pyridine rings is 2. The standard InChI is InChI=1S/C10H7FN2S/c11-8-4-9(10(14)13-6-8)7-2-1-3-12-5-7/h1-6H,(H,13,14). The molecule has 0 unspecified atom stereocenters. The molecule has 0 aliphatic heterocycles. The zero-order chi connectivity index (χ0) is 9.97. The number of aromatic nitrogens is 2. The van der Waals surface area contributed by atoms with E-state index in [1.807, 2.05) is 6.07 Å². The minimum atomic E-state index is -0.336. The highest BCUT2D eigenvalue weighted by Crippen LogP contribution is 2.18. The van der Waals surface area contributed by atoms with Crippen molar-refractivity contribution in [3.05, 3.63) is 47.2 Å². The third-order valence-corrected chi connectivity index (χ3v) is 2.18. The van der Waals surface area contributed by atoms with Crippen LogP contribution in [0.4, 0.5) is 4.39 Å². The summed E-state index contributed by atoms with van der Waals surface area (Å²) in [5, 5.41) is 0. The van der Waals surface area contributed by atoms with Crippen LogP contribution in [0.3, 0.4) is 0 Å². The van der Waals surface area contributed by atoms with Crippen LogP contribution in [0.15, 0.2) is 36.8 Å². The van der Waals surface area contributed by atoms with E-state index >= 15 is 0 Å². The van der Waals surface area contributed by atoms with Gasteiger partial charge >= 0.3 is 0 Å². The van der Waals surface area contributed by atoms with Crippen LogP contribution < -0.4 is 0 Å². The highest BCUT2D eigenvalue weighted by atomic mass is 32.1. The van der Waals surface area contributed by atoms with E-state index in [0.29, 0.717) is 10.2 Å². The summed E-state index contributed by atoms with van der Waals surface area (Å²) in [5.74, 6) is -0.336. The summed E-state index contributed by atoms with van der Waals surface area (Å²) >= 11 is 5.04. The van der Waals surface area contributed by atoms with Gasteiger partial charge in [-0.3, -0.25) is 4.98 Å². The molecule has 0 aliphatic carbocycles. The van der Waals surface area contributed by atoms with Crippen LogP contribution in [0.25, 0.3) is 11.1 Å². The van der Waals surface area contributed by atoms with Gasteiger partial charge < -0.3 is 4.98 Å². The van der Waals surface area contributed by atoms with Gasteiger partial charge in [-0.25, -0.2) is 4.39 Å². The number of nitrogens with one attached hydrogen (secondary N) is 1. The SMILES string of the molecule is Fc1c[nH]c(=S)c(-c2cccnc2)c1. The van der Waals surface area contributed by atoms with Crippen molar-refractivity contribution in [1.29, 1.82) is 0 Å². The Morgan fingerprint density at radius 2 is 2.29 bits per heavy atom. The summed E-state index contributed by atoms with van der Waals surface area (Å²) in [7, 11) is 0. The lowest BCUT2D eigenvalue weighted by Crippen LogP contribution is -1.86. The molecule has 0 aromatic carbocycles. The van der Waals surface area contributed by atoms with E-state index in [1.165, 1.54) is 12.3 Å². The summed E-state index contributed by atoms with van der Waals surface area (Å²) < 4.78 is 13.4. The van der Waals surface area contributed by atoms with E-state index in [9.17, 15) is 4.39 Å². The van der Waals surface area contributed by atoms with Crippen molar-refractivity contribution in [3.8, 4) is 11.1 Å². The average Bonchev–Trinajstić information content (AvgIpc) is 2.23. The quantitative estimate of drug-likeness (QED) is 0.727. The molecule has 14 heavy (non-hydrogen) atoms. The van der Waals surface area contributed by atoms with Gasteiger partial charge in [0.15, 0.2) is 0 Å². The van der Waals surface area contributed by atoms with Gasteiger partial charge in [-0.1, -0.05) is 18.3 Å². The van der Waals surface area contributed by atoms with E-state index in [4.69, 9.17) is 12.2 Å². The molecule has 1 N–H and O–H groups in total. The van der Waals surface area contributed by atoms with E-state index in [0.717, 1.165) is 5.56 Å². The maximum atomic E-state index is 12.9. The topological polar surface area (TPSA) is 28.7 Å². The van der Waals surface area contributed by atoms with Crippen LogP contribution in [-0.4, -0.2) is 9.97 Å². The number of rotatable bonds is 1. The van der Waals surface area contributed by atoms with Crippen LogP contribution in [-0.2, 0) is 0 Å². The second-order valence-corrected chi connectivity index (χ2v) is 3.21. The van der Waals surface area contributed by atoms with E-state index in [-0.39, 0.29) is 5.82 Å². The van der Waals surface area contributed by atoms with Gasteiger partial charge in [0, 0.05) is 29.7 Å². The minimum absolute atomic E-state index is 0.336. The van der Waals surface area contributed by atoms with E-state index in [2.05, 4.69) is 9.97 Å². The fraction of sp³-hybridized carbons (Fsp3) is 0. The highest BCUT2D eigenvalue weighted by Gasteiger charge is 2.01. The third kappa shape index (κ3) is 1.70. The molecule has 2 aromatic heterocycles. The Hall–Kier alpha value is -1.55. The molecule has 0 radical (unpaired) electrons. The Bertz CT molecular complexity index is 493. The molecule has 2 nitrogen and oxygen atoms in total. The molecular weight excluding hydrogens is 199 g/mol. The number of halogens is 1. The number of nitrogens with zero attached hydrogens (tertiary/aromatic N) is 1. The van der Waals surface area contributed by atoms with Gasteiger partial charge in [-0.05, 0) is 12.1 Å². The van der Waals surface area contributed by atoms with E-state index in [1.54, 1.807) is 18.5 Å². The average molecular weight is 206 g/mol. The van der Waals surface area contributed by atoms with Crippen molar-refractivity contribution < 1.29 is 4.39 Å². The normalized spacial score (nSPS) is 10.1. The third-order valence-electron chi connectivity index (χ3n) is 1.84. The van der Waals surface area contributed by atoms with Gasteiger partial charge in [-0.15, -0.1) is 0 Å². The second kappa shape index (κ2) is 3.67. The fourth-order valence-corrected chi connectivity index (χ4v) is 1.43. The molecule has 0 saturated carbocycles. The summed E-state index contributed by atoms with van der Waals surface area (Å²) in [6.07, 6.45) is 4.55. The molecule has 0 atom stereocenters. The molecule has 0 bridgehead atoms. The molecule has 2 aromatic rings. The van der Waals surface area contributed by atoms with Gasteiger partial charge in [0.25, 0.3) is 0 Å². The first-order chi connectivity index (χ1) is 6.77. The number of H-pyrrole nitrogens is 1. The van der Waals surface area contributed by atoms with Gasteiger partial charge in [0.1, 0.15) is 10.5 Å². The maximum Gasteiger partial charge on any atom is 0.139 e. The van der Waals surface area contributed by atoms with Crippen LogP contribution in [0.2, 0.25) is 0 Å². The summed E-state index contributed by atoms with van der Waals surface area (Å²) in [5.41, 5.74) is 1.47.